The molecule has 1 aromatic heterocycles. The van der Waals surface area contributed by atoms with E-state index in [-0.39, 0.29) is 25.4 Å². The first-order chi connectivity index (χ1) is 9.81. The number of esters is 1. The number of hydrogen-bond acceptors (Lipinski definition) is 4. The molecule has 1 aliphatic rings. The molecule has 1 aromatic rings. The van der Waals surface area contributed by atoms with Gasteiger partial charge in [-0.25, -0.2) is 0 Å². The van der Waals surface area contributed by atoms with Gasteiger partial charge in [0.1, 0.15) is 0 Å². The first-order valence-corrected chi connectivity index (χ1v) is 6.19. The summed E-state index contributed by atoms with van der Waals surface area (Å²) >= 11 is 0. The van der Waals surface area contributed by atoms with Gasteiger partial charge in [-0.1, -0.05) is 0 Å². The summed E-state index contributed by atoms with van der Waals surface area (Å²) in [5.74, 6) is -1.24. The molecule has 8 heteroatoms. The van der Waals surface area contributed by atoms with Crippen molar-refractivity contribution in [3.05, 3.63) is 29.6 Å². The molecule has 0 aliphatic carbocycles. The average molecular weight is 302 g/mol. The van der Waals surface area contributed by atoms with Gasteiger partial charge in [0.15, 0.2) is 0 Å². The third-order valence-electron chi connectivity index (χ3n) is 3.25. The number of nitrogens with zero attached hydrogens (tertiary/aromatic N) is 2. The predicted molar refractivity (Wildman–Crippen MR) is 64.8 cm³/mol. The third-order valence-corrected chi connectivity index (χ3v) is 3.25. The molecule has 114 valence electrons. The number of ether oxygens (including phenoxy) is 1. The van der Waals surface area contributed by atoms with Crippen molar-refractivity contribution in [1.82, 2.24) is 9.88 Å². The van der Waals surface area contributed by atoms with Crippen LogP contribution in [0.2, 0.25) is 0 Å². The highest BCUT2D eigenvalue weighted by molar-refractivity contribution is 5.86. The molecule has 1 aliphatic heterocycles. The van der Waals surface area contributed by atoms with Gasteiger partial charge in [-0.15, -0.1) is 0 Å². The molecule has 0 saturated carbocycles. The molecular formula is C13H13F3N2O3. The van der Waals surface area contributed by atoms with Crippen LogP contribution >= 0.6 is 0 Å². The molecule has 1 fully saturated rings. The van der Waals surface area contributed by atoms with Gasteiger partial charge in [0.2, 0.25) is 5.91 Å². The second kappa shape index (κ2) is 5.71. The quantitative estimate of drug-likeness (QED) is 0.796. The van der Waals surface area contributed by atoms with Gasteiger partial charge in [0.05, 0.1) is 30.8 Å². The summed E-state index contributed by atoms with van der Waals surface area (Å²) in [6.07, 6.45) is -3.66. The maximum Gasteiger partial charge on any atom is 0.417 e. The van der Waals surface area contributed by atoms with Crippen LogP contribution in [0.1, 0.15) is 17.7 Å². The number of aromatic nitrogens is 1. The molecule has 1 unspecified atom stereocenters. The van der Waals surface area contributed by atoms with Gasteiger partial charge in [0.25, 0.3) is 0 Å². The number of likely N-dealkylation sites (tertiary alicyclic amines) is 1. The van der Waals surface area contributed by atoms with Crippen LogP contribution in [0.25, 0.3) is 0 Å². The Bertz CT molecular complexity index is 543. The summed E-state index contributed by atoms with van der Waals surface area (Å²) in [7, 11) is 1.24. The first kappa shape index (κ1) is 15.3. The van der Waals surface area contributed by atoms with E-state index >= 15 is 0 Å². The summed E-state index contributed by atoms with van der Waals surface area (Å²) in [5, 5.41) is 0. The summed E-state index contributed by atoms with van der Waals surface area (Å²) in [6, 6.07) is 2.14. The van der Waals surface area contributed by atoms with Crippen LogP contribution in [0.15, 0.2) is 18.3 Å². The molecule has 21 heavy (non-hydrogen) atoms. The number of halogens is 3. The van der Waals surface area contributed by atoms with E-state index in [4.69, 9.17) is 0 Å². The van der Waals surface area contributed by atoms with E-state index in [1.807, 2.05) is 0 Å². The summed E-state index contributed by atoms with van der Waals surface area (Å²) in [6.45, 7) is 0.263. The molecule has 1 saturated heterocycles. The zero-order valence-corrected chi connectivity index (χ0v) is 11.2. The van der Waals surface area contributed by atoms with Crippen LogP contribution in [-0.4, -0.2) is 35.4 Å². The molecule has 0 N–H and O–H groups in total. The van der Waals surface area contributed by atoms with E-state index in [0.29, 0.717) is 5.69 Å². The van der Waals surface area contributed by atoms with Crippen molar-refractivity contribution in [3.63, 3.8) is 0 Å². The van der Waals surface area contributed by atoms with Crippen LogP contribution in [-0.2, 0) is 27.0 Å². The van der Waals surface area contributed by atoms with Crippen LogP contribution in [0.5, 0.6) is 0 Å². The number of alkyl halides is 3. The molecule has 2 rings (SSSR count). The molecular weight excluding hydrogens is 289 g/mol. The van der Waals surface area contributed by atoms with Gasteiger partial charge < -0.3 is 9.64 Å². The highest BCUT2D eigenvalue weighted by atomic mass is 19.4. The lowest BCUT2D eigenvalue weighted by Gasteiger charge is -2.16. The smallest absolute Gasteiger partial charge is 0.417 e. The molecule has 2 heterocycles. The highest BCUT2D eigenvalue weighted by Crippen LogP contribution is 2.28. The minimum absolute atomic E-state index is 0.0489. The van der Waals surface area contributed by atoms with Crippen LogP contribution < -0.4 is 0 Å². The van der Waals surface area contributed by atoms with E-state index in [1.54, 1.807) is 0 Å². The van der Waals surface area contributed by atoms with Crippen molar-refractivity contribution in [2.75, 3.05) is 13.7 Å². The first-order valence-electron chi connectivity index (χ1n) is 6.19. The van der Waals surface area contributed by atoms with Crippen molar-refractivity contribution < 1.29 is 27.5 Å². The number of pyridine rings is 1. The molecule has 1 atom stereocenters. The maximum atomic E-state index is 12.4. The fourth-order valence-electron chi connectivity index (χ4n) is 2.13. The molecule has 5 nitrogen and oxygen atoms in total. The minimum atomic E-state index is -4.44. The molecule has 0 bridgehead atoms. The summed E-state index contributed by atoms with van der Waals surface area (Å²) in [4.78, 5) is 28.2. The second-order valence-corrected chi connectivity index (χ2v) is 4.73. The molecule has 1 amide bonds. The number of rotatable bonds is 3. The van der Waals surface area contributed by atoms with E-state index in [1.165, 1.54) is 18.1 Å². The maximum absolute atomic E-state index is 12.4. The normalized spacial score (nSPS) is 19.0. The molecule has 0 spiro atoms. The fourth-order valence-corrected chi connectivity index (χ4v) is 2.13. The fraction of sp³-hybridized carbons (Fsp3) is 0.462. The Balaban J connectivity index is 2.02. The summed E-state index contributed by atoms with van der Waals surface area (Å²) in [5.41, 5.74) is -0.506. The second-order valence-electron chi connectivity index (χ2n) is 4.73. The van der Waals surface area contributed by atoms with Crippen molar-refractivity contribution >= 4 is 11.9 Å². The summed E-state index contributed by atoms with van der Waals surface area (Å²) < 4.78 is 41.8. The van der Waals surface area contributed by atoms with Crippen LogP contribution in [0.3, 0.4) is 0 Å². The van der Waals surface area contributed by atoms with E-state index in [2.05, 4.69) is 9.72 Å². The minimum Gasteiger partial charge on any atom is -0.469 e. The zero-order chi connectivity index (χ0) is 15.6. The van der Waals surface area contributed by atoms with E-state index < -0.39 is 23.6 Å². The van der Waals surface area contributed by atoms with Gasteiger partial charge in [-0.2, -0.15) is 13.2 Å². The third kappa shape index (κ3) is 3.50. The number of amides is 1. The van der Waals surface area contributed by atoms with Gasteiger partial charge in [-0.3, -0.25) is 14.6 Å². The Morgan fingerprint density at radius 2 is 2.19 bits per heavy atom. The van der Waals surface area contributed by atoms with Gasteiger partial charge in [-0.05, 0) is 12.1 Å². The standard InChI is InChI=1S/C13H13F3N2O3/c1-21-12(20)8-4-11(19)18(6-8)7-10-3-2-9(5-17-10)13(14,15)16/h2-3,5,8H,4,6-7H2,1H3. The van der Waals surface area contributed by atoms with Gasteiger partial charge >= 0.3 is 12.1 Å². The van der Waals surface area contributed by atoms with Crippen LogP contribution in [0, 0.1) is 5.92 Å². The van der Waals surface area contributed by atoms with E-state index in [9.17, 15) is 22.8 Å². The largest absolute Gasteiger partial charge is 0.469 e. The van der Waals surface area contributed by atoms with Crippen LogP contribution in [0.4, 0.5) is 13.2 Å². The predicted octanol–water partition coefficient (Wildman–Crippen LogP) is 1.62. The van der Waals surface area contributed by atoms with E-state index in [0.717, 1.165) is 12.3 Å². The number of hydrogen-bond donors (Lipinski definition) is 0. The Labute approximate surface area is 118 Å². The van der Waals surface area contributed by atoms with Crippen molar-refractivity contribution in [2.45, 2.75) is 19.1 Å². The highest BCUT2D eigenvalue weighted by Gasteiger charge is 2.35. The number of carbonyl (C=O) groups is 2. The Hall–Kier alpha value is -2.12. The topological polar surface area (TPSA) is 59.5 Å². The zero-order valence-electron chi connectivity index (χ0n) is 11.2. The van der Waals surface area contributed by atoms with Crippen molar-refractivity contribution in [1.29, 1.82) is 0 Å². The molecule has 0 radical (unpaired) electrons. The van der Waals surface area contributed by atoms with Crippen molar-refractivity contribution in [3.8, 4) is 0 Å². The monoisotopic (exact) mass is 302 g/mol. The lowest BCUT2D eigenvalue weighted by molar-refractivity contribution is -0.145. The lowest BCUT2D eigenvalue weighted by atomic mass is 10.1. The Morgan fingerprint density at radius 3 is 2.71 bits per heavy atom. The Kier molecular flexibility index (Phi) is 4.15. The van der Waals surface area contributed by atoms with Gasteiger partial charge in [0, 0.05) is 19.2 Å². The Morgan fingerprint density at radius 1 is 1.48 bits per heavy atom. The number of carbonyl (C=O) groups excluding carboxylic acids is 2. The van der Waals surface area contributed by atoms with Crippen molar-refractivity contribution in [2.24, 2.45) is 5.92 Å². The SMILES string of the molecule is COC(=O)C1CC(=O)N(Cc2ccc(C(F)(F)F)cn2)C1. The molecule has 0 aromatic carbocycles. The average Bonchev–Trinajstić information content (AvgIpc) is 2.79. The lowest BCUT2D eigenvalue weighted by Crippen LogP contribution is -2.26. The number of methoxy groups -OCH3 is 1.